The summed E-state index contributed by atoms with van der Waals surface area (Å²) in [7, 11) is -1.52. The van der Waals surface area contributed by atoms with Gasteiger partial charge in [0.1, 0.15) is 34.0 Å². The minimum atomic E-state index is -3.05. The molecule has 0 amide bonds. The molecule has 5 heterocycles. The summed E-state index contributed by atoms with van der Waals surface area (Å²) >= 11 is 0. The summed E-state index contributed by atoms with van der Waals surface area (Å²) in [4.78, 5) is 26.3. The van der Waals surface area contributed by atoms with Crippen molar-refractivity contribution in [2.24, 2.45) is 5.92 Å². The summed E-state index contributed by atoms with van der Waals surface area (Å²) in [5.74, 6) is 2.54. The van der Waals surface area contributed by atoms with E-state index in [0.717, 1.165) is 22.2 Å². The van der Waals surface area contributed by atoms with E-state index < -0.39 is 22.1 Å². The fraction of sp³-hybridized carbons (Fsp3) is 0.577. The highest BCUT2D eigenvalue weighted by Gasteiger charge is 2.39. The Kier molecular flexibility index (Phi) is 7.55. The van der Waals surface area contributed by atoms with Gasteiger partial charge < -0.3 is 19.9 Å². The molecule has 2 aliphatic rings. The van der Waals surface area contributed by atoms with Crippen molar-refractivity contribution in [3.8, 4) is 0 Å². The zero-order valence-electron chi connectivity index (χ0n) is 22.9. The van der Waals surface area contributed by atoms with Gasteiger partial charge in [0.2, 0.25) is 11.9 Å². The fourth-order valence-electron chi connectivity index (χ4n) is 5.39. The summed E-state index contributed by atoms with van der Waals surface area (Å²) in [5, 5.41) is 5.08. The van der Waals surface area contributed by atoms with Crippen molar-refractivity contribution in [3.05, 3.63) is 30.4 Å². The van der Waals surface area contributed by atoms with Gasteiger partial charge in [-0.1, -0.05) is 13.8 Å². The lowest BCUT2D eigenvalue weighted by Gasteiger charge is -2.47. The molecule has 5 rings (SSSR count). The first-order valence-corrected chi connectivity index (χ1v) is 15.2. The van der Waals surface area contributed by atoms with E-state index in [1.54, 1.807) is 11.1 Å². The minimum absolute atomic E-state index is 0.0552. The van der Waals surface area contributed by atoms with Gasteiger partial charge in [-0.2, -0.15) is 4.98 Å². The summed E-state index contributed by atoms with van der Waals surface area (Å²) in [5.41, 5.74) is 1.08. The van der Waals surface area contributed by atoms with E-state index in [-0.39, 0.29) is 30.2 Å². The zero-order valence-corrected chi connectivity index (χ0v) is 23.7. The number of halogens is 1. The number of hydrogen-bond acceptors (Lipinski definition) is 11. The van der Waals surface area contributed by atoms with Crippen molar-refractivity contribution >= 4 is 44.1 Å². The van der Waals surface area contributed by atoms with E-state index in [1.165, 1.54) is 19.7 Å². The van der Waals surface area contributed by atoms with E-state index in [0.29, 0.717) is 37.2 Å². The van der Waals surface area contributed by atoms with Crippen molar-refractivity contribution in [2.45, 2.75) is 51.4 Å². The van der Waals surface area contributed by atoms with Crippen LogP contribution in [0.25, 0.3) is 10.8 Å². The molecule has 210 valence electrons. The molecule has 3 aromatic heterocycles. The van der Waals surface area contributed by atoms with Crippen LogP contribution in [-0.2, 0) is 14.6 Å². The Hall–Kier alpha value is -3.19. The quantitative estimate of drug-likeness (QED) is 0.438. The van der Waals surface area contributed by atoms with E-state index >= 15 is 0 Å². The van der Waals surface area contributed by atoms with Gasteiger partial charge in [-0.15, -0.1) is 0 Å². The Morgan fingerprint density at radius 1 is 1.15 bits per heavy atom. The number of pyridine rings is 2. The van der Waals surface area contributed by atoms with Crippen LogP contribution in [0.2, 0.25) is 0 Å². The van der Waals surface area contributed by atoms with Crippen LogP contribution >= 0.6 is 0 Å². The van der Waals surface area contributed by atoms with Crippen molar-refractivity contribution in [1.29, 1.82) is 0 Å². The van der Waals surface area contributed by atoms with Gasteiger partial charge >= 0.3 is 0 Å². The van der Waals surface area contributed by atoms with Crippen molar-refractivity contribution in [2.75, 3.05) is 53.9 Å². The van der Waals surface area contributed by atoms with Crippen molar-refractivity contribution in [3.63, 3.8) is 0 Å². The predicted octanol–water partition coefficient (Wildman–Crippen LogP) is 3.11. The number of rotatable bonds is 8. The van der Waals surface area contributed by atoms with Crippen LogP contribution in [0.1, 0.15) is 38.7 Å². The van der Waals surface area contributed by atoms with Crippen LogP contribution < -0.4 is 15.1 Å². The number of hydrogen-bond donors (Lipinski definition) is 1. The van der Waals surface area contributed by atoms with Crippen molar-refractivity contribution < 1.29 is 17.5 Å². The Bertz CT molecular complexity index is 1460. The topological polar surface area (TPSA) is 126 Å². The van der Waals surface area contributed by atoms with Gasteiger partial charge in [0.25, 0.3) is 0 Å². The minimum Gasteiger partial charge on any atom is -0.378 e. The largest absolute Gasteiger partial charge is 0.378 e. The molecule has 0 unspecified atom stereocenters. The molecule has 0 spiro atoms. The lowest BCUT2D eigenvalue weighted by atomic mass is 9.90. The van der Waals surface area contributed by atoms with E-state index in [4.69, 9.17) is 9.72 Å². The third-order valence-corrected chi connectivity index (χ3v) is 8.70. The second-order valence-electron chi connectivity index (χ2n) is 10.8. The molecule has 2 aliphatic heterocycles. The summed E-state index contributed by atoms with van der Waals surface area (Å²) in [6, 6.07) is 2.01. The number of anilines is 4. The average Bonchev–Trinajstić information content (AvgIpc) is 2.89. The first kappa shape index (κ1) is 27.4. The Morgan fingerprint density at radius 2 is 1.95 bits per heavy atom. The molecule has 3 aromatic rings. The van der Waals surface area contributed by atoms with Gasteiger partial charge in [-0.3, -0.25) is 0 Å². The van der Waals surface area contributed by atoms with Crippen LogP contribution in [-0.4, -0.2) is 90.4 Å². The number of aromatic nitrogens is 5. The first-order valence-electron chi connectivity index (χ1n) is 13.1. The van der Waals surface area contributed by atoms with Gasteiger partial charge in [-0.25, -0.2) is 32.7 Å². The molecule has 0 saturated carbocycles. The molecule has 1 N–H and O–H groups in total. The Labute approximate surface area is 228 Å². The number of alkyl halides is 1. The maximum Gasteiger partial charge on any atom is 0.233 e. The van der Waals surface area contributed by atoms with Crippen LogP contribution in [0.4, 0.5) is 27.9 Å². The first-order chi connectivity index (χ1) is 18.5. The van der Waals surface area contributed by atoms with Crippen LogP contribution in [0.5, 0.6) is 0 Å². The molecule has 0 aromatic carbocycles. The molecule has 0 bridgehead atoms. The second-order valence-corrected chi connectivity index (χ2v) is 13.0. The lowest BCUT2D eigenvalue weighted by molar-refractivity contribution is 0.0194. The highest BCUT2D eigenvalue weighted by molar-refractivity contribution is 7.90. The Balaban J connectivity index is 1.40. The molecular weight excluding hydrogens is 523 g/mol. The summed E-state index contributed by atoms with van der Waals surface area (Å²) in [6.07, 6.45) is 5.38. The number of nitrogens with one attached hydrogen (secondary N) is 1. The molecule has 4 atom stereocenters. The molecule has 2 fully saturated rings. The number of nitrogens with zero attached hydrogens (tertiary/aromatic N) is 7. The maximum atomic E-state index is 14.4. The normalized spacial score (nSPS) is 23.8. The Morgan fingerprint density at radius 3 is 2.62 bits per heavy atom. The van der Waals surface area contributed by atoms with Gasteiger partial charge in [0, 0.05) is 56.2 Å². The molecule has 39 heavy (non-hydrogen) atoms. The highest BCUT2D eigenvalue weighted by Crippen LogP contribution is 2.38. The highest BCUT2D eigenvalue weighted by atomic mass is 32.2. The third kappa shape index (κ3) is 5.74. The van der Waals surface area contributed by atoms with Gasteiger partial charge in [0.05, 0.1) is 18.4 Å². The molecule has 0 aliphatic carbocycles. The molecule has 13 heteroatoms. The number of sulfone groups is 1. The zero-order chi connectivity index (χ0) is 27.9. The van der Waals surface area contributed by atoms with Gasteiger partial charge in [0.15, 0.2) is 0 Å². The van der Waals surface area contributed by atoms with Crippen LogP contribution in [0.15, 0.2) is 24.8 Å². The smallest absolute Gasteiger partial charge is 0.233 e. The number of fused-ring (bicyclic) bond motifs is 1. The van der Waals surface area contributed by atoms with Crippen LogP contribution in [0.3, 0.4) is 0 Å². The fourth-order valence-corrected chi connectivity index (χ4v) is 6.55. The average molecular weight is 559 g/mol. The third-order valence-electron chi connectivity index (χ3n) is 7.66. The SMILES string of the molecule is CO[C@H]1CCN(c2ncnc(Nc3cc4c(C(C)C)cnc(N5C[C@@H](CS(C)(=O)=O)[C@@H]5C)c4cn3)n2)C[C@H]1F. The van der Waals surface area contributed by atoms with Gasteiger partial charge in [-0.05, 0) is 36.3 Å². The summed E-state index contributed by atoms with van der Waals surface area (Å²) < 4.78 is 43.2. The number of piperidine rings is 1. The monoisotopic (exact) mass is 558 g/mol. The second kappa shape index (κ2) is 10.8. The molecule has 11 nitrogen and oxygen atoms in total. The number of methoxy groups -OCH3 is 1. The predicted molar refractivity (Wildman–Crippen MR) is 149 cm³/mol. The lowest BCUT2D eigenvalue weighted by Crippen LogP contribution is -2.57. The van der Waals surface area contributed by atoms with E-state index in [2.05, 4.69) is 44.0 Å². The molecule has 0 radical (unpaired) electrons. The van der Waals surface area contributed by atoms with E-state index in [1.807, 2.05) is 19.2 Å². The standard InChI is InChI=1S/C26H35FN8O3S/c1-15(2)19-9-29-24(35-11-17(16(35)3)13-39(5,36)37)20-10-28-23(8-18(19)20)32-25-30-14-31-26(33-25)34-7-6-22(38-4)21(27)12-34/h8-10,14-17,21-22H,6-7,11-13H2,1-5H3,(H,28,30,31,32,33)/t16-,17-,21+,22-/m0/s1. The summed E-state index contributed by atoms with van der Waals surface area (Å²) in [6.45, 7) is 7.64. The number of ether oxygens (including phenoxy) is 1. The van der Waals surface area contributed by atoms with Crippen LogP contribution in [0, 0.1) is 5.92 Å². The van der Waals surface area contributed by atoms with Crippen molar-refractivity contribution in [1.82, 2.24) is 24.9 Å². The molecule has 2 saturated heterocycles. The van der Waals surface area contributed by atoms with E-state index in [9.17, 15) is 12.8 Å². The maximum absolute atomic E-state index is 14.4. The molecular formula is C26H35FN8O3S.